The minimum Gasteiger partial charge on any atom is -0.481 e. The number of piperazine rings is 1. The molecule has 4 rings (SSSR count). The van der Waals surface area contributed by atoms with Gasteiger partial charge in [0.05, 0.1) is 17.1 Å². The molecule has 0 spiro atoms. The predicted octanol–water partition coefficient (Wildman–Crippen LogP) is 2.82. The van der Waals surface area contributed by atoms with Crippen LogP contribution in [0.3, 0.4) is 0 Å². The summed E-state index contributed by atoms with van der Waals surface area (Å²) in [6.07, 6.45) is 4.74. The number of rotatable bonds is 9. The van der Waals surface area contributed by atoms with Crippen LogP contribution in [0, 0.1) is 0 Å². The van der Waals surface area contributed by atoms with Crippen LogP contribution in [0.25, 0.3) is 11.7 Å². The van der Waals surface area contributed by atoms with E-state index in [0.717, 1.165) is 11.8 Å². The third-order valence-corrected chi connectivity index (χ3v) is 7.65. The number of hydrogen-bond acceptors (Lipinski definition) is 9. The second kappa shape index (κ2) is 12.4. The zero-order valence-corrected chi connectivity index (χ0v) is 22.6. The third kappa shape index (κ3) is 6.16. The molecule has 38 heavy (non-hydrogen) atoms. The van der Waals surface area contributed by atoms with Crippen LogP contribution < -0.4 is 10.5 Å². The Morgan fingerprint density at radius 3 is 2.63 bits per heavy atom. The van der Waals surface area contributed by atoms with Crippen LogP contribution in [0.5, 0.6) is 0 Å². The Kier molecular flexibility index (Phi) is 9.00. The smallest absolute Gasteiger partial charge is 0.409 e. The standard InChI is InChI=1S/C25H29N5O6S2/c1-2-36-24(35)28-14-12-27(13-15-28)21-17(22(33)29-10-7-5-8-19(29)26-21)16-18-23(34)30(25(37)38-18)11-6-3-4-9-20(31)32/h5,7-8,10,16H,2-4,6,9,11-15H2,1H3,(H,31,32). The molecule has 11 nitrogen and oxygen atoms in total. The summed E-state index contributed by atoms with van der Waals surface area (Å²) in [7, 11) is 0. The van der Waals surface area contributed by atoms with Crippen molar-refractivity contribution in [3.63, 3.8) is 0 Å². The summed E-state index contributed by atoms with van der Waals surface area (Å²) in [6, 6.07) is 5.28. The fraction of sp³-hybridized carbons (Fsp3) is 0.440. The highest BCUT2D eigenvalue weighted by molar-refractivity contribution is 8.26. The quantitative estimate of drug-likeness (QED) is 0.279. The van der Waals surface area contributed by atoms with Crippen LogP contribution in [-0.4, -0.2) is 85.9 Å². The Balaban J connectivity index is 1.59. The molecule has 0 aromatic carbocycles. The lowest BCUT2D eigenvalue weighted by Crippen LogP contribution is -2.49. The van der Waals surface area contributed by atoms with Crippen molar-refractivity contribution >= 4 is 63.8 Å². The maximum Gasteiger partial charge on any atom is 0.409 e. The number of hydrogen-bond donors (Lipinski definition) is 1. The number of nitrogens with zero attached hydrogens (tertiary/aromatic N) is 5. The molecular weight excluding hydrogens is 530 g/mol. The zero-order chi connectivity index (χ0) is 27.2. The monoisotopic (exact) mass is 559 g/mol. The van der Waals surface area contributed by atoms with Crippen molar-refractivity contribution in [2.45, 2.75) is 32.6 Å². The van der Waals surface area contributed by atoms with Gasteiger partial charge in [-0.2, -0.15) is 0 Å². The van der Waals surface area contributed by atoms with E-state index in [4.69, 9.17) is 27.0 Å². The van der Waals surface area contributed by atoms with E-state index in [2.05, 4.69) is 0 Å². The molecule has 4 heterocycles. The van der Waals surface area contributed by atoms with Gasteiger partial charge >= 0.3 is 12.1 Å². The maximum absolute atomic E-state index is 13.6. The lowest BCUT2D eigenvalue weighted by Gasteiger charge is -2.35. The molecule has 0 aliphatic carbocycles. The van der Waals surface area contributed by atoms with Gasteiger partial charge in [0, 0.05) is 45.3 Å². The number of carbonyl (C=O) groups excluding carboxylic acids is 2. The summed E-state index contributed by atoms with van der Waals surface area (Å²) in [5.74, 6) is -0.676. The molecular formula is C25H29N5O6S2. The molecule has 0 radical (unpaired) electrons. The highest BCUT2D eigenvalue weighted by Gasteiger charge is 2.33. The summed E-state index contributed by atoms with van der Waals surface area (Å²) in [5.41, 5.74) is 0.448. The molecule has 2 aromatic heterocycles. The number of pyridine rings is 1. The van der Waals surface area contributed by atoms with Crippen molar-refractivity contribution in [2.75, 3.05) is 44.2 Å². The number of carboxylic acids is 1. The summed E-state index contributed by atoms with van der Waals surface area (Å²) >= 11 is 6.57. The molecule has 0 atom stereocenters. The van der Waals surface area contributed by atoms with Crippen LogP contribution in [0.4, 0.5) is 10.6 Å². The molecule has 202 valence electrons. The van der Waals surface area contributed by atoms with E-state index in [1.54, 1.807) is 42.3 Å². The molecule has 0 bridgehead atoms. The molecule has 0 unspecified atom stereocenters. The molecule has 1 N–H and O–H groups in total. The van der Waals surface area contributed by atoms with Gasteiger partial charge in [-0.1, -0.05) is 36.5 Å². The number of thioether (sulfide) groups is 1. The SMILES string of the molecule is CCOC(=O)N1CCN(c2nc3ccccn3c(=O)c2C=C2SC(=S)N(CCCCCC(=O)O)C2=O)CC1. The Morgan fingerprint density at radius 1 is 1.16 bits per heavy atom. The number of unbranched alkanes of at least 4 members (excludes halogenated alkanes) is 2. The maximum atomic E-state index is 13.6. The number of carbonyl (C=O) groups is 3. The minimum atomic E-state index is -0.841. The number of carboxylic acid groups (broad SMARTS) is 1. The third-order valence-electron chi connectivity index (χ3n) is 6.28. The van der Waals surface area contributed by atoms with E-state index in [-0.39, 0.29) is 29.5 Å². The van der Waals surface area contributed by atoms with Gasteiger partial charge in [-0.05, 0) is 38.0 Å². The lowest BCUT2D eigenvalue weighted by atomic mass is 10.2. The number of thiocarbonyl (C=S) groups is 1. The normalized spacial score (nSPS) is 17.1. The highest BCUT2D eigenvalue weighted by Crippen LogP contribution is 2.34. The van der Waals surface area contributed by atoms with Crippen molar-refractivity contribution in [3.05, 3.63) is 45.2 Å². The molecule has 2 saturated heterocycles. The molecule has 0 saturated carbocycles. The Hall–Kier alpha value is -3.45. The van der Waals surface area contributed by atoms with E-state index in [0.29, 0.717) is 79.3 Å². The first-order valence-corrected chi connectivity index (χ1v) is 13.7. The van der Waals surface area contributed by atoms with Gasteiger partial charge in [0.15, 0.2) is 0 Å². The Labute approximate surface area is 229 Å². The number of aromatic nitrogens is 2. The van der Waals surface area contributed by atoms with E-state index in [9.17, 15) is 19.2 Å². The van der Waals surface area contributed by atoms with Gasteiger partial charge < -0.3 is 19.6 Å². The topological polar surface area (TPSA) is 125 Å². The van der Waals surface area contributed by atoms with Crippen LogP contribution >= 0.6 is 24.0 Å². The summed E-state index contributed by atoms with van der Waals surface area (Å²) in [5, 5.41) is 8.79. The van der Waals surface area contributed by atoms with E-state index < -0.39 is 5.97 Å². The van der Waals surface area contributed by atoms with Crippen molar-refractivity contribution in [3.8, 4) is 0 Å². The summed E-state index contributed by atoms with van der Waals surface area (Å²) in [6.45, 7) is 4.18. The largest absolute Gasteiger partial charge is 0.481 e. The van der Waals surface area contributed by atoms with Crippen LogP contribution in [0.15, 0.2) is 34.1 Å². The number of ether oxygens (including phenoxy) is 1. The zero-order valence-electron chi connectivity index (χ0n) is 21.0. The molecule has 2 aliphatic rings. The first-order chi connectivity index (χ1) is 18.3. The Morgan fingerprint density at radius 2 is 1.92 bits per heavy atom. The van der Waals surface area contributed by atoms with Crippen molar-refractivity contribution in [1.29, 1.82) is 0 Å². The van der Waals surface area contributed by atoms with Crippen LogP contribution in [0.2, 0.25) is 0 Å². The first kappa shape index (κ1) is 27.6. The average Bonchev–Trinajstić information content (AvgIpc) is 3.17. The first-order valence-electron chi connectivity index (χ1n) is 12.5. The number of anilines is 1. The van der Waals surface area contributed by atoms with E-state index >= 15 is 0 Å². The van der Waals surface area contributed by atoms with E-state index in [1.807, 2.05) is 4.90 Å². The fourth-order valence-corrected chi connectivity index (χ4v) is 5.61. The van der Waals surface area contributed by atoms with Crippen molar-refractivity contribution < 1.29 is 24.2 Å². The predicted molar refractivity (Wildman–Crippen MR) is 148 cm³/mol. The molecule has 13 heteroatoms. The number of fused-ring (bicyclic) bond motifs is 1. The van der Waals surface area contributed by atoms with Gasteiger partial charge in [0.2, 0.25) is 0 Å². The molecule has 2 amide bonds. The van der Waals surface area contributed by atoms with E-state index in [1.165, 1.54) is 9.30 Å². The molecule has 2 fully saturated rings. The molecule has 2 aliphatic heterocycles. The van der Waals surface area contributed by atoms with Gasteiger partial charge in [0.1, 0.15) is 15.8 Å². The Bertz CT molecular complexity index is 1340. The highest BCUT2D eigenvalue weighted by atomic mass is 32.2. The lowest BCUT2D eigenvalue weighted by molar-refractivity contribution is -0.137. The van der Waals surface area contributed by atoms with Crippen molar-refractivity contribution in [2.24, 2.45) is 0 Å². The van der Waals surface area contributed by atoms with Gasteiger partial charge in [-0.25, -0.2) is 9.78 Å². The summed E-state index contributed by atoms with van der Waals surface area (Å²) < 4.78 is 6.94. The molecule has 2 aromatic rings. The van der Waals surface area contributed by atoms with Gasteiger partial charge in [0.25, 0.3) is 11.5 Å². The minimum absolute atomic E-state index is 0.0913. The van der Waals surface area contributed by atoms with Gasteiger partial charge in [-0.3, -0.25) is 23.7 Å². The van der Waals surface area contributed by atoms with Crippen LogP contribution in [0.1, 0.15) is 38.2 Å². The second-order valence-corrected chi connectivity index (χ2v) is 10.5. The fourth-order valence-electron chi connectivity index (χ4n) is 4.32. The van der Waals surface area contributed by atoms with Crippen LogP contribution in [-0.2, 0) is 14.3 Å². The number of aliphatic carboxylic acids is 1. The average molecular weight is 560 g/mol. The van der Waals surface area contributed by atoms with Crippen molar-refractivity contribution in [1.82, 2.24) is 19.2 Å². The second-order valence-electron chi connectivity index (χ2n) is 8.79. The van der Waals surface area contributed by atoms with Gasteiger partial charge in [-0.15, -0.1) is 0 Å². The number of amides is 2. The summed E-state index contributed by atoms with van der Waals surface area (Å²) in [4.78, 5) is 59.7.